The maximum absolute atomic E-state index is 12.5. The molecule has 1 fully saturated rings. The number of nitrogens with zero attached hydrogens (tertiary/aromatic N) is 5. The van der Waals surface area contributed by atoms with Gasteiger partial charge >= 0.3 is 0 Å². The summed E-state index contributed by atoms with van der Waals surface area (Å²) >= 11 is 0. The Hall–Kier alpha value is -2.96. The first-order valence-corrected chi connectivity index (χ1v) is 9.45. The fourth-order valence-corrected chi connectivity index (χ4v) is 3.19. The fourth-order valence-electron chi connectivity index (χ4n) is 3.19. The van der Waals surface area contributed by atoms with Gasteiger partial charge in [-0.15, -0.1) is 0 Å². The van der Waals surface area contributed by atoms with Crippen LogP contribution in [0.5, 0.6) is 0 Å². The molecule has 2 heterocycles. The number of carbonyl (C=O) groups excluding carboxylic acids is 1. The van der Waals surface area contributed by atoms with Gasteiger partial charge < -0.3 is 5.32 Å². The van der Waals surface area contributed by atoms with E-state index in [9.17, 15) is 4.79 Å². The topological polar surface area (TPSA) is 77.6 Å². The SMILES string of the molecule is CCn1ncnc1[C@H](C)NC(=O)c1ccc(-c2cnn(CC3CC3)c2)cc1. The van der Waals surface area contributed by atoms with Gasteiger partial charge in [0.05, 0.1) is 12.2 Å². The predicted octanol–water partition coefficient (Wildman–Crippen LogP) is 3.06. The third-order valence-corrected chi connectivity index (χ3v) is 4.94. The lowest BCUT2D eigenvalue weighted by Gasteiger charge is -2.14. The second-order valence-electron chi connectivity index (χ2n) is 7.10. The number of amides is 1. The van der Waals surface area contributed by atoms with Crippen molar-refractivity contribution < 1.29 is 4.79 Å². The van der Waals surface area contributed by atoms with Crippen molar-refractivity contribution in [1.82, 2.24) is 29.9 Å². The summed E-state index contributed by atoms with van der Waals surface area (Å²) < 4.78 is 3.80. The molecule has 0 spiro atoms. The van der Waals surface area contributed by atoms with Gasteiger partial charge in [0, 0.05) is 30.4 Å². The van der Waals surface area contributed by atoms with Crippen molar-refractivity contribution in [3.8, 4) is 11.1 Å². The monoisotopic (exact) mass is 364 g/mol. The summed E-state index contributed by atoms with van der Waals surface area (Å²) in [4.78, 5) is 16.8. The average molecular weight is 364 g/mol. The summed E-state index contributed by atoms with van der Waals surface area (Å²) in [6, 6.07) is 7.42. The Bertz CT molecular complexity index is 922. The minimum absolute atomic E-state index is 0.121. The van der Waals surface area contributed by atoms with E-state index < -0.39 is 0 Å². The van der Waals surface area contributed by atoms with Crippen molar-refractivity contribution in [1.29, 1.82) is 0 Å². The molecule has 3 aromatic rings. The molecule has 1 amide bonds. The molecule has 7 nitrogen and oxygen atoms in total. The lowest BCUT2D eigenvalue weighted by atomic mass is 10.1. The lowest BCUT2D eigenvalue weighted by molar-refractivity contribution is 0.0937. The highest BCUT2D eigenvalue weighted by Crippen LogP contribution is 2.31. The first-order valence-electron chi connectivity index (χ1n) is 9.45. The molecule has 4 rings (SSSR count). The summed E-state index contributed by atoms with van der Waals surface area (Å²) in [5.41, 5.74) is 2.76. The van der Waals surface area contributed by atoms with Gasteiger partial charge in [0.25, 0.3) is 5.91 Å². The van der Waals surface area contributed by atoms with Gasteiger partial charge in [-0.3, -0.25) is 9.48 Å². The van der Waals surface area contributed by atoms with E-state index in [4.69, 9.17) is 0 Å². The Morgan fingerprint density at radius 3 is 2.70 bits per heavy atom. The molecule has 2 aromatic heterocycles. The van der Waals surface area contributed by atoms with Crippen molar-refractivity contribution in [2.75, 3.05) is 0 Å². The van der Waals surface area contributed by atoms with Crippen molar-refractivity contribution in [2.45, 2.75) is 45.8 Å². The Morgan fingerprint density at radius 2 is 2.00 bits per heavy atom. The van der Waals surface area contributed by atoms with E-state index in [1.165, 1.54) is 19.2 Å². The van der Waals surface area contributed by atoms with Crippen LogP contribution in [-0.2, 0) is 13.1 Å². The van der Waals surface area contributed by atoms with E-state index in [2.05, 4.69) is 26.7 Å². The minimum Gasteiger partial charge on any atom is -0.342 e. The molecule has 1 atom stereocenters. The van der Waals surface area contributed by atoms with Crippen LogP contribution in [0.25, 0.3) is 11.1 Å². The molecule has 7 heteroatoms. The summed E-state index contributed by atoms with van der Waals surface area (Å²) in [5, 5.41) is 11.6. The highest BCUT2D eigenvalue weighted by atomic mass is 16.1. The van der Waals surface area contributed by atoms with Crippen LogP contribution in [0.3, 0.4) is 0 Å². The normalized spacial score (nSPS) is 14.9. The molecule has 1 aromatic carbocycles. The highest BCUT2D eigenvalue weighted by molar-refractivity contribution is 5.94. The first kappa shape index (κ1) is 17.5. The number of nitrogens with one attached hydrogen (secondary N) is 1. The van der Waals surface area contributed by atoms with E-state index in [-0.39, 0.29) is 11.9 Å². The number of aromatic nitrogens is 5. The van der Waals surface area contributed by atoms with Gasteiger partial charge in [0.1, 0.15) is 12.2 Å². The van der Waals surface area contributed by atoms with E-state index in [0.29, 0.717) is 5.56 Å². The Morgan fingerprint density at radius 1 is 1.22 bits per heavy atom. The van der Waals surface area contributed by atoms with Crippen LogP contribution >= 0.6 is 0 Å². The quantitative estimate of drug-likeness (QED) is 0.699. The zero-order chi connectivity index (χ0) is 18.8. The van der Waals surface area contributed by atoms with Crippen LogP contribution in [0.4, 0.5) is 0 Å². The number of aryl methyl sites for hydroxylation is 1. The van der Waals surface area contributed by atoms with Gasteiger partial charge in [-0.2, -0.15) is 10.2 Å². The fraction of sp³-hybridized carbons (Fsp3) is 0.400. The third-order valence-electron chi connectivity index (χ3n) is 4.94. The summed E-state index contributed by atoms with van der Waals surface area (Å²) in [6.45, 7) is 5.63. The van der Waals surface area contributed by atoms with Crippen LogP contribution in [0.2, 0.25) is 0 Å². The molecular formula is C20H24N6O. The van der Waals surface area contributed by atoms with Crippen LogP contribution < -0.4 is 5.32 Å². The van der Waals surface area contributed by atoms with Crippen LogP contribution in [0, 0.1) is 5.92 Å². The zero-order valence-corrected chi connectivity index (χ0v) is 15.7. The van der Waals surface area contributed by atoms with Gasteiger partial charge in [-0.05, 0) is 50.3 Å². The summed E-state index contributed by atoms with van der Waals surface area (Å²) in [6.07, 6.45) is 8.10. The van der Waals surface area contributed by atoms with Crippen molar-refractivity contribution in [2.24, 2.45) is 5.92 Å². The molecule has 1 aliphatic rings. The molecule has 0 saturated heterocycles. The Kier molecular flexibility index (Phi) is 4.75. The largest absolute Gasteiger partial charge is 0.342 e. The molecule has 0 bridgehead atoms. The summed E-state index contributed by atoms with van der Waals surface area (Å²) in [5.74, 6) is 1.43. The van der Waals surface area contributed by atoms with Crippen molar-refractivity contribution in [3.05, 3.63) is 54.4 Å². The van der Waals surface area contributed by atoms with Crippen molar-refractivity contribution >= 4 is 5.91 Å². The smallest absolute Gasteiger partial charge is 0.251 e. The van der Waals surface area contributed by atoms with E-state index in [0.717, 1.165) is 36.0 Å². The molecular weight excluding hydrogens is 340 g/mol. The van der Waals surface area contributed by atoms with Gasteiger partial charge in [-0.1, -0.05) is 12.1 Å². The van der Waals surface area contributed by atoms with Crippen LogP contribution in [0.15, 0.2) is 43.0 Å². The second kappa shape index (κ2) is 7.34. The number of carbonyl (C=O) groups is 1. The molecule has 0 aliphatic heterocycles. The maximum atomic E-state index is 12.5. The lowest BCUT2D eigenvalue weighted by Crippen LogP contribution is -2.28. The molecule has 1 saturated carbocycles. The summed E-state index contributed by atoms with van der Waals surface area (Å²) in [7, 11) is 0. The van der Waals surface area contributed by atoms with E-state index in [1.807, 2.05) is 49.0 Å². The molecule has 0 unspecified atom stereocenters. The van der Waals surface area contributed by atoms with Gasteiger partial charge in [0.2, 0.25) is 0 Å². The highest BCUT2D eigenvalue weighted by Gasteiger charge is 2.22. The average Bonchev–Trinajstić information content (AvgIpc) is 3.18. The standard InChI is InChI=1S/C20H24N6O/c1-3-26-19(21-13-23-26)14(2)24-20(27)17-8-6-16(7-9-17)18-10-22-25(12-18)11-15-4-5-15/h6-10,12-15H,3-5,11H2,1-2H3,(H,24,27)/t14-/m0/s1. The van der Waals surface area contributed by atoms with Crippen LogP contribution in [-0.4, -0.2) is 30.5 Å². The number of hydrogen-bond donors (Lipinski definition) is 1. The van der Waals surface area contributed by atoms with E-state index >= 15 is 0 Å². The first-order chi connectivity index (χ1) is 13.1. The Labute approximate surface area is 158 Å². The third kappa shape index (κ3) is 3.92. The van der Waals surface area contributed by atoms with Crippen LogP contribution in [0.1, 0.15) is 48.9 Å². The molecule has 140 valence electrons. The zero-order valence-electron chi connectivity index (χ0n) is 15.7. The predicted molar refractivity (Wildman–Crippen MR) is 102 cm³/mol. The van der Waals surface area contributed by atoms with Crippen molar-refractivity contribution in [3.63, 3.8) is 0 Å². The van der Waals surface area contributed by atoms with Gasteiger partial charge in [-0.25, -0.2) is 9.67 Å². The molecule has 0 radical (unpaired) electrons. The molecule has 27 heavy (non-hydrogen) atoms. The molecule has 1 aliphatic carbocycles. The van der Waals surface area contributed by atoms with E-state index in [1.54, 1.807) is 4.68 Å². The maximum Gasteiger partial charge on any atom is 0.251 e. The number of hydrogen-bond acceptors (Lipinski definition) is 4. The second-order valence-corrected chi connectivity index (χ2v) is 7.10. The molecule has 1 N–H and O–H groups in total. The Balaban J connectivity index is 1.42. The van der Waals surface area contributed by atoms with Gasteiger partial charge in [0.15, 0.2) is 0 Å². The number of benzene rings is 1. The number of rotatable bonds is 7. The minimum atomic E-state index is -0.208.